The zero-order valence-corrected chi connectivity index (χ0v) is 12.3. The molecule has 6 nitrogen and oxygen atoms in total. The Kier molecular flexibility index (Phi) is 5.17. The fourth-order valence-corrected chi connectivity index (χ4v) is 2.40. The van der Waals surface area contributed by atoms with Gasteiger partial charge in [-0.05, 0) is 17.7 Å². The first-order chi connectivity index (χ1) is 10.0. The molecule has 114 valence electrons. The minimum absolute atomic E-state index is 0.141. The maximum Gasteiger partial charge on any atom is 0.251 e. The highest BCUT2D eigenvalue weighted by Crippen LogP contribution is 2.29. The molecular formula is C14H17ClN2O4. The summed E-state index contributed by atoms with van der Waals surface area (Å²) in [6, 6.07) is 6.40. The van der Waals surface area contributed by atoms with Gasteiger partial charge in [-0.1, -0.05) is 23.7 Å². The molecule has 0 aromatic heterocycles. The summed E-state index contributed by atoms with van der Waals surface area (Å²) >= 11 is 5.86. The van der Waals surface area contributed by atoms with E-state index in [1.54, 1.807) is 31.3 Å². The van der Waals surface area contributed by atoms with Crippen molar-refractivity contribution in [2.45, 2.75) is 12.1 Å². The molecule has 2 rings (SSSR count). The number of carbonyl (C=O) groups excluding carboxylic acids is 2. The monoisotopic (exact) mass is 312 g/mol. The van der Waals surface area contributed by atoms with Crippen molar-refractivity contribution >= 4 is 23.4 Å². The quantitative estimate of drug-likeness (QED) is 0.841. The van der Waals surface area contributed by atoms with Crippen LogP contribution in [-0.2, 0) is 14.3 Å². The van der Waals surface area contributed by atoms with Crippen LogP contribution < -0.4 is 5.32 Å². The normalized spacial score (nSPS) is 22.2. The van der Waals surface area contributed by atoms with Crippen molar-refractivity contribution in [2.24, 2.45) is 0 Å². The lowest BCUT2D eigenvalue weighted by Gasteiger charge is -2.38. The van der Waals surface area contributed by atoms with Crippen molar-refractivity contribution in [3.63, 3.8) is 0 Å². The van der Waals surface area contributed by atoms with Gasteiger partial charge in [-0.25, -0.2) is 0 Å². The van der Waals surface area contributed by atoms with E-state index in [0.29, 0.717) is 5.02 Å². The van der Waals surface area contributed by atoms with Gasteiger partial charge in [0.15, 0.2) is 6.10 Å². The second-order valence-corrected chi connectivity index (χ2v) is 5.18. The van der Waals surface area contributed by atoms with Gasteiger partial charge in [0.05, 0.1) is 12.6 Å². The Morgan fingerprint density at radius 1 is 1.48 bits per heavy atom. The fraction of sp³-hybridized carbons (Fsp3) is 0.429. The van der Waals surface area contributed by atoms with Crippen LogP contribution in [0.4, 0.5) is 0 Å². The Labute approximate surface area is 127 Å². The summed E-state index contributed by atoms with van der Waals surface area (Å²) in [6.45, 7) is -0.152. The molecule has 0 saturated carbocycles. The SMILES string of the molecule is CN1C(=O)CO[C@H](C(=O)NCCO)[C@H]1c1ccc(Cl)cc1. The summed E-state index contributed by atoms with van der Waals surface area (Å²) in [7, 11) is 1.64. The molecule has 1 aromatic carbocycles. The van der Waals surface area contributed by atoms with E-state index in [2.05, 4.69) is 5.32 Å². The van der Waals surface area contributed by atoms with Gasteiger partial charge in [-0.2, -0.15) is 0 Å². The fourth-order valence-electron chi connectivity index (χ4n) is 2.27. The van der Waals surface area contributed by atoms with Crippen LogP contribution in [-0.4, -0.2) is 54.7 Å². The summed E-state index contributed by atoms with van der Waals surface area (Å²) in [5, 5.41) is 11.9. The van der Waals surface area contributed by atoms with Gasteiger partial charge in [0.25, 0.3) is 5.91 Å². The van der Waals surface area contributed by atoms with Crippen LogP contribution in [0.25, 0.3) is 0 Å². The van der Waals surface area contributed by atoms with Crippen LogP contribution in [0.5, 0.6) is 0 Å². The van der Waals surface area contributed by atoms with E-state index in [1.165, 1.54) is 4.90 Å². The highest BCUT2D eigenvalue weighted by atomic mass is 35.5. The molecule has 1 aliphatic heterocycles. The van der Waals surface area contributed by atoms with E-state index in [4.69, 9.17) is 21.4 Å². The summed E-state index contributed by atoms with van der Waals surface area (Å²) in [5.41, 5.74) is 0.763. The topological polar surface area (TPSA) is 78.9 Å². The smallest absolute Gasteiger partial charge is 0.251 e. The molecule has 2 N–H and O–H groups in total. The molecule has 2 amide bonds. The number of amides is 2. The lowest BCUT2D eigenvalue weighted by atomic mass is 9.97. The van der Waals surface area contributed by atoms with Gasteiger partial charge in [-0.15, -0.1) is 0 Å². The molecule has 1 saturated heterocycles. The number of likely N-dealkylation sites (N-methyl/N-ethyl adjacent to an activating group) is 1. The Morgan fingerprint density at radius 3 is 2.76 bits per heavy atom. The zero-order valence-electron chi connectivity index (χ0n) is 11.6. The number of aliphatic hydroxyl groups is 1. The minimum atomic E-state index is -0.819. The van der Waals surface area contributed by atoms with Crippen LogP contribution in [0.1, 0.15) is 11.6 Å². The first-order valence-electron chi connectivity index (χ1n) is 6.56. The number of ether oxygens (including phenoxy) is 1. The van der Waals surface area contributed by atoms with E-state index in [9.17, 15) is 9.59 Å². The van der Waals surface area contributed by atoms with Crippen molar-refractivity contribution in [2.75, 3.05) is 26.8 Å². The first-order valence-corrected chi connectivity index (χ1v) is 6.93. The maximum absolute atomic E-state index is 12.1. The number of hydrogen-bond donors (Lipinski definition) is 2. The molecule has 1 aliphatic rings. The van der Waals surface area contributed by atoms with E-state index in [0.717, 1.165) is 5.56 Å². The highest BCUT2D eigenvalue weighted by molar-refractivity contribution is 6.30. The van der Waals surface area contributed by atoms with Crippen LogP contribution in [0, 0.1) is 0 Å². The first kappa shape index (κ1) is 15.8. The lowest BCUT2D eigenvalue weighted by Crippen LogP contribution is -2.53. The average Bonchev–Trinajstić information content (AvgIpc) is 2.48. The van der Waals surface area contributed by atoms with Crippen LogP contribution >= 0.6 is 11.6 Å². The van der Waals surface area contributed by atoms with Crippen LogP contribution in [0.2, 0.25) is 5.02 Å². The predicted molar refractivity (Wildman–Crippen MR) is 76.8 cm³/mol. The summed E-state index contributed by atoms with van der Waals surface area (Å²) in [4.78, 5) is 25.5. The number of nitrogens with one attached hydrogen (secondary N) is 1. The van der Waals surface area contributed by atoms with E-state index < -0.39 is 12.1 Å². The van der Waals surface area contributed by atoms with Crippen molar-refractivity contribution in [1.29, 1.82) is 0 Å². The molecule has 0 aliphatic carbocycles. The predicted octanol–water partition coefficient (Wildman–Crippen LogP) is 0.347. The molecule has 0 bridgehead atoms. The minimum Gasteiger partial charge on any atom is -0.395 e. The van der Waals surface area contributed by atoms with E-state index in [-0.39, 0.29) is 31.6 Å². The van der Waals surface area contributed by atoms with Gasteiger partial charge in [0, 0.05) is 18.6 Å². The van der Waals surface area contributed by atoms with Gasteiger partial charge in [0.2, 0.25) is 5.91 Å². The Hall–Kier alpha value is -1.63. The molecule has 21 heavy (non-hydrogen) atoms. The lowest BCUT2D eigenvalue weighted by molar-refractivity contribution is -0.162. The average molecular weight is 313 g/mol. The van der Waals surface area contributed by atoms with Crippen molar-refractivity contribution < 1.29 is 19.4 Å². The van der Waals surface area contributed by atoms with Gasteiger partial charge < -0.3 is 20.1 Å². The van der Waals surface area contributed by atoms with Crippen molar-refractivity contribution in [1.82, 2.24) is 10.2 Å². The molecular weight excluding hydrogens is 296 g/mol. The molecule has 7 heteroatoms. The summed E-state index contributed by atoms with van der Waals surface area (Å²) < 4.78 is 5.40. The van der Waals surface area contributed by atoms with E-state index in [1.807, 2.05) is 0 Å². The number of benzene rings is 1. The van der Waals surface area contributed by atoms with Crippen molar-refractivity contribution in [3.05, 3.63) is 34.9 Å². The van der Waals surface area contributed by atoms with Crippen LogP contribution in [0.15, 0.2) is 24.3 Å². The summed E-state index contributed by atoms with van der Waals surface area (Å²) in [6.07, 6.45) is -0.819. The third-order valence-corrected chi connectivity index (χ3v) is 3.62. The standard InChI is InChI=1S/C14H17ClN2O4/c1-17-11(19)8-21-13(14(20)16-6-7-18)12(17)9-2-4-10(15)5-3-9/h2-5,12-13,18H,6-8H2,1H3,(H,16,20)/t12-,13+/m1/s1. The highest BCUT2D eigenvalue weighted by Gasteiger charge is 2.39. The number of carbonyl (C=O) groups is 2. The molecule has 0 radical (unpaired) electrons. The number of halogens is 1. The maximum atomic E-state index is 12.1. The Bertz CT molecular complexity index is 520. The van der Waals surface area contributed by atoms with Crippen LogP contribution in [0.3, 0.4) is 0 Å². The van der Waals surface area contributed by atoms with E-state index >= 15 is 0 Å². The second kappa shape index (κ2) is 6.89. The number of morpholine rings is 1. The number of hydrogen-bond acceptors (Lipinski definition) is 4. The summed E-state index contributed by atoms with van der Waals surface area (Å²) in [5.74, 6) is -0.551. The number of rotatable bonds is 4. The molecule has 1 aromatic rings. The zero-order chi connectivity index (χ0) is 15.4. The Morgan fingerprint density at radius 2 is 2.14 bits per heavy atom. The largest absolute Gasteiger partial charge is 0.395 e. The number of aliphatic hydroxyl groups excluding tert-OH is 1. The second-order valence-electron chi connectivity index (χ2n) is 4.75. The van der Waals surface area contributed by atoms with Crippen molar-refractivity contribution in [3.8, 4) is 0 Å². The molecule has 1 fully saturated rings. The van der Waals surface area contributed by atoms with Gasteiger partial charge >= 0.3 is 0 Å². The Balaban J connectivity index is 2.26. The van der Waals surface area contributed by atoms with Gasteiger partial charge in [0.1, 0.15) is 6.61 Å². The van der Waals surface area contributed by atoms with Gasteiger partial charge in [-0.3, -0.25) is 9.59 Å². The molecule has 0 unspecified atom stereocenters. The molecule has 1 heterocycles. The third kappa shape index (κ3) is 3.53. The number of nitrogens with zero attached hydrogens (tertiary/aromatic N) is 1. The molecule has 2 atom stereocenters. The third-order valence-electron chi connectivity index (χ3n) is 3.36. The molecule has 0 spiro atoms.